The molecule has 0 saturated heterocycles. The van der Waals surface area contributed by atoms with Crippen molar-refractivity contribution in [3.8, 4) is 0 Å². The number of hydrogen-bond donors (Lipinski definition) is 2. The van der Waals surface area contributed by atoms with Crippen LogP contribution in [0.1, 0.15) is 25.1 Å². The third-order valence-electron chi connectivity index (χ3n) is 3.03. The molecular weight excluding hydrogens is 290 g/mol. The number of nitrogens with zero attached hydrogens (tertiary/aromatic N) is 3. The summed E-state index contributed by atoms with van der Waals surface area (Å²) in [6.07, 6.45) is 2.68. The zero-order valence-corrected chi connectivity index (χ0v) is 12.9. The lowest BCUT2D eigenvalue weighted by Crippen LogP contribution is -2.33. The van der Waals surface area contributed by atoms with Crippen LogP contribution >= 0.6 is 11.8 Å². The molecule has 7 nitrogen and oxygen atoms in total. The molecule has 8 heteroatoms. The third-order valence-corrected chi connectivity index (χ3v) is 4.05. The molecule has 0 aromatic carbocycles. The first-order valence-corrected chi connectivity index (χ1v) is 7.35. The first kappa shape index (κ1) is 15.5. The fraction of sp³-hybridized carbons (Fsp3) is 0.385. The molecule has 2 aromatic rings. The van der Waals surface area contributed by atoms with Crippen LogP contribution in [-0.4, -0.2) is 26.8 Å². The maximum atomic E-state index is 11.3. The molecule has 0 saturated carbocycles. The number of aromatic nitrogens is 4. The van der Waals surface area contributed by atoms with Gasteiger partial charge >= 0.3 is 11.1 Å². The molecule has 2 aromatic heterocycles. The van der Waals surface area contributed by atoms with Crippen molar-refractivity contribution in [1.82, 2.24) is 25.1 Å². The third kappa shape index (κ3) is 3.59. The van der Waals surface area contributed by atoms with Gasteiger partial charge in [0.05, 0.1) is 5.69 Å². The van der Waals surface area contributed by atoms with E-state index in [2.05, 4.69) is 27.3 Å². The summed E-state index contributed by atoms with van der Waals surface area (Å²) < 4.78 is 1.42. The van der Waals surface area contributed by atoms with E-state index in [-0.39, 0.29) is 6.04 Å². The molecule has 112 valence electrons. The molecule has 0 spiro atoms. The lowest BCUT2D eigenvalue weighted by molar-refractivity contribution is 0.560. The fourth-order valence-corrected chi connectivity index (χ4v) is 2.64. The van der Waals surface area contributed by atoms with E-state index in [0.717, 1.165) is 17.0 Å². The Balaban J connectivity index is 2.23. The highest BCUT2D eigenvalue weighted by molar-refractivity contribution is 7.99. The average molecular weight is 307 g/mol. The standard InChI is InChI=1S/C13H17N5O2S/c1-4-9(14-2)10-6-5-8(7-15-10)21-13-16-11(19)12(20)17-18(13)3/h5-7,9,14H,4H2,1-3H3,(H,17,20). The van der Waals surface area contributed by atoms with E-state index in [1.165, 1.54) is 16.4 Å². The van der Waals surface area contributed by atoms with E-state index >= 15 is 0 Å². The van der Waals surface area contributed by atoms with Crippen molar-refractivity contribution in [1.29, 1.82) is 0 Å². The van der Waals surface area contributed by atoms with Crippen molar-refractivity contribution >= 4 is 11.8 Å². The first-order valence-electron chi connectivity index (χ1n) is 6.53. The van der Waals surface area contributed by atoms with E-state index in [4.69, 9.17) is 0 Å². The van der Waals surface area contributed by atoms with Crippen LogP contribution in [0, 0.1) is 0 Å². The van der Waals surface area contributed by atoms with Crippen LogP contribution in [0.3, 0.4) is 0 Å². The molecule has 1 atom stereocenters. The van der Waals surface area contributed by atoms with E-state index in [1.807, 2.05) is 19.2 Å². The second-order valence-electron chi connectivity index (χ2n) is 4.47. The van der Waals surface area contributed by atoms with Gasteiger partial charge in [0.2, 0.25) is 0 Å². The van der Waals surface area contributed by atoms with Gasteiger partial charge in [-0.1, -0.05) is 6.92 Å². The summed E-state index contributed by atoms with van der Waals surface area (Å²) >= 11 is 1.27. The minimum absolute atomic E-state index is 0.222. The molecule has 0 aliphatic heterocycles. The normalized spacial score (nSPS) is 12.3. The molecule has 0 fully saturated rings. The zero-order valence-electron chi connectivity index (χ0n) is 12.1. The Morgan fingerprint density at radius 2 is 2.19 bits per heavy atom. The van der Waals surface area contributed by atoms with Gasteiger partial charge in [-0.2, -0.15) is 4.98 Å². The van der Waals surface area contributed by atoms with Gasteiger partial charge in [0, 0.05) is 24.2 Å². The van der Waals surface area contributed by atoms with Crippen LogP contribution < -0.4 is 16.4 Å². The molecule has 0 aliphatic rings. The largest absolute Gasteiger partial charge is 0.339 e. The van der Waals surface area contributed by atoms with Crippen molar-refractivity contribution in [2.75, 3.05) is 7.05 Å². The van der Waals surface area contributed by atoms with Crippen molar-refractivity contribution in [3.05, 3.63) is 44.7 Å². The zero-order chi connectivity index (χ0) is 15.4. The highest BCUT2D eigenvalue weighted by atomic mass is 32.2. The number of H-pyrrole nitrogens is 1. The van der Waals surface area contributed by atoms with Crippen molar-refractivity contribution in [3.63, 3.8) is 0 Å². The number of aromatic amines is 1. The second kappa shape index (κ2) is 6.68. The molecule has 2 rings (SSSR count). The molecule has 0 bridgehead atoms. The number of nitrogens with one attached hydrogen (secondary N) is 2. The molecule has 0 radical (unpaired) electrons. The van der Waals surface area contributed by atoms with Crippen LogP contribution in [0.15, 0.2) is 38.0 Å². The number of rotatable bonds is 5. The summed E-state index contributed by atoms with van der Waals surface area (Å²) in [6.45, 7) is 2.09. The average Bonchev–Trinajstić information content (AvgIpc) is 2.48. The molecular formula is C13H17N5O2S. The molecule has 2 N–H and O–H groups in total. The Kier molecular flexibility index (Phi) is 4.92. The Hall–Kier alpha value is -1.93. The molecule has 21 heavy (non-hydrogen) atoms. The van der Waals surface area contributed by atoms with Crippen LogP contribution in [0.5, 0.6) is 0 Å². The Morgan fingerprint density at radius 3 is 2.76 bits per heavy atom. The highest BCUT2D eigenvalue weighted by Crippen LogP contribution is 2.24. The summed E-state index contributed by atoms with van der Waals surface area (Å²) in [5.74, 6) is 0. The van der Waals surface area contributed by atoms with Crippen molar-refractivity contribution in [2.45, 2.75) is 29.4 Å². The van der Waals surface area contributed by atoms with Crippen LogP contribution in [0.2, 0.25) is 0 Å². The van der Waals surface area contributed by atoms with Gasteiger partial charge in [0.25, 0.3) is 0 Å². The smallest absolute Gasteiger partial charge is 0.312 e. The van der Waals surface area contributed by atoms with E-state index in [9.17, 15) is 9.59 Å². The SMILES string of the molecule is CCC(NC)c1ccc(Sc2nc(=O)c(=O)[nH]n2C)cn1. The summed E-state index contributed by atoms with van der Waals surface area (Å²) in [4.78, 5) is 31.5. The maximum Gasteiger partial charge on any atom is 0.339 e. The van der Waals surface area contributed by atoms with Gasteiger partial charge < -0.3 is 5.32 Å². The first-order chi connectivity index (χ1) is 10.0. The minimum Gasteiger partial charge on any atom is -0.312 e. The minimum atomic E-state index is -0.790. The Morgan fingerprint density at radius 1 is 1.43 bits per heavy atom. The van der Waals surface area contributed by atoms with Gasteiger partial charge in [-0.3, -0.25) is 24.4 Å². The van der Waals surface area contributed by atoms with Gasteiger partial charge in [-0.25, -0.2) is 0 Å². The lowest BCUT2D eigenvalue weighted by Gasteiger charge is -2.13. The highest BCUT2D eigenvalue weighted by Gasteiger charge is 2.10. The van der Waals surface area contributed by atoms with Gasteiger partial charge in [-0.05, 0) is 37.4 Å². The molecule has 0 aliphatic carbocycles. The summed E-state index contributed by atoms with van der Waals surface area (Å²) in [5, 5.41) is 6.02. The van der Waals surface area contributed by atoms with E-state index in [1.54, 1.807) is 13.2 Å². The van der Waals surface area contributed by atoms with Gasteiger partial charge in [0.1, 0.15) is 0 Å². The molecule has 1 unspecified atom stereocenters. The fourth-order valence-electron chi connectivity index (χ4n) is 1.88. The number of hydrogen-bond acceptors (Lipinski definition) is 6. The monoisotopic (exact) mass is 307 g/mol. The number of pyridine rings is 1. The van der Waals surface area contributed by atoms with Crippen molar-refractivity contribution < 1.29 is 0 Å². The second-order valence-corrected chi connectivity index (χ2v) is 5.51. The van der Waals surface area contributed by atoms with E-state index < -0.39 is 11.1 Å². The Bertz CT molecular complexity index is 719. The van der Waals surface area contributed by atoms with Crippen LogP contribution in [0.4, 0.5) is 0 Å². The topological polar surface area (TPSA) is 92.7 Å². The summed E-state index contributed by atoms with van der Waals surface area (Å²) in [7, 11) is 3.53. The Labute approximate surface area is 125 Å². The number of aryl methyl sites for hydroxylation is 1. The summed E-state index contributed by atoms with van der Waals surface area (Å²) in [5.41, 5.74) is -0.552. The van der Waals surface area contributed by atoms with E-state index in [0.29, 0.717) is 5.16 Å². The van der Waals surface area contributed by atoms with Gasteiger partial charge in [-0.15, -0.1) is 0 Å². The van der Waals surface area contributed by atoms with Crippen LogP contribution in [0.25, 0.3) is 0 Å². The molecule has 2 heterocycles. The van der Waals surface area contributed by atoms with Crippen molar-refractivity contribution in [2.24, 2.45) is 7.05 Å². The van der Waals surface area contributed by atoms with Gasteiger partial charge in [0.15, 0.2) is 5.16 Å². The van der Waals surface area contributed by atoms with Crippen LogP contribution in [-0.2, 0) is 7.05 Å². The predicted molar refractivity (Wildman–Crippen MR) is 80.6 cm³/mol. The summed E-state index contributed by atoms with van der Waals surface area (Å²) in [6, 6.07) is 4.08. The quantitative estimate of drug-likeness (QED) is 0.789. The maximum absolute atomic E-state index is 11.3. The molecule has 0 amide bonds. The lowest BCUT2D eigenvalue weighted by atomic mass is 10.1. The predicted octanol–water partition coefficient (Wildman–Crippen LogP) is 0.685.